The van der Waals surface area contributed by atoms with Gasteiger partial charge in [0.1, 0.15) is 17.1 Å². The lowest BCUT2D eigenvalue weighted by Gasteiger charge is -2.30. The Balaban J connectivity index is 1.85. The van der Waals surface area contributed by atoms with Crippen molar-refractivity contribution in [3.05, 3.63) is 95.6 Å². The van der Waals surface area contributed by atoms with Crippen LogP contribution in [0.1, 0.15) is 42.3 Å². The van der Waals surface area contributed by atoms with E-state index in [1.54, 1.807) is 40.0 Å². The van der Waals surface area contributed by atoms with Crippen molar-refractivity contribution in [2.45, 2.75) is 51.5 Å². The fourth-order valence-corrected chi connectivity index (χ4v) is 3.79. The van der Waals surface area contributed by atoms with Gasteiger partial charge in [0.25, 0.3) is 5.91 Å². The summed E-state index contributed by atoms with van der Waals surface area (Å²) in [5.74, 6) is 0.135. The molecule has 0 fully saturated rings. The lowest BCUT2D eigenvalue weighted by Crippen LogP contribution is -2.53. The molecule has 2 unspecified atom stereocenters. The molecule has 2 atom stereocenters. The highest BCUT2D eigenvalue weighted by atomic mass is 16.6. The first-order valence-corrected chi connectivity index (χ1v) is 12.5. The molecule has 0 aliphatic heterocycles. The number of alkyl carbamates (subject to hydrolysis) is 1. The Morgan fingerprint density at radius 3 is 2.18 bits per heavy atom. The van der Waals surface area contributed by atoms with Gasteiger partial charge in [0.05, 0.1) is 31.4 Å². The molecule has 0 saturated heterocycles. The Bertz CT molecular complexity index is 1180. The quantitative estimate of drug-likeness (QED) is 0.334. The molecule has 2 amide bonds. The van der Waals surface area contributed by atoms with Gasteiger partial charge in [-0.3, -0.25) is 4.79 Å². The number of phenolic OH excluding ortho intramolecular Hbond substituents is 1. The summed E-state index contributed by atoms with van der Waals surface area (Å²) >= 11 is 0. The van der Waals surface area contributed by atoms with Gasteiger partial charge in [-0.1, -0.05) is 54.6 Å². The summed E-state index contributed by atoms with van der Waals surface area (Å²) < 4.78 is 17.1. The Morgan fingerprint density at radius 2 is 1.55 bits per heavy atom. The number of ether oxygens (including phenoxy) is 3. The van der Waals surface area contributed by atoms with Crippen LogP contribution in [-0.4, -0.2) is 48.5 Å². The number of hydrogen-bond donors (Lipinski definition) is 3. The van der Waals surface area contributed by atoms with E-state index >= 15 is 0 Å². The maximum absolute atomic E-state index is 12.8. The number of phenols is 1. The minimum Gasteiger partial charge on any atom is -0.507 e. The minimum atomic E-state index is -0.704. The van der Waals surface area contributed by atoms with Crippen LogP contribution in [0.5, 0.6) is 11.5 Å². The molecule has 3 aromatic carbocycles. The van der Waals surface area contributed by atoms with E-state index in [4.69, 9.17) is 14.2 Å². The van der Waals surface area contributed by atoms with Gasteiger partial charge in [-0.05, 0) is 56.2 Å². The highest BCUT2D eigenvalue weighted by Gasteiger charge is 2.28. The van der Waals surface area contributed by atoms with E-state index in [0.717, 1.165) is 16.9 Å². The molecule has 0 saturated carbocycles. The van der Waals surface area contributed by atoms with Crippen molar-refractivity contribution in [1.29, 1.82) is 0 Å². The Hall–Kier alpha value is -4.04. The largest absolute Gasteiger partial charge is 0.507 e. The third kappa shape index (κ3) is 9.12. The molecule has 3 rings (SSSR count). The SMILES string of the molecule is COc1ccc(CC(OCc2ccccc2)C(CNC(=O)c2ccccc2O)NC(=O)OC(C)(C)C)cc1. The first-order valence-electron chi connectivity index (χ1n) is 12.5. The van der Waals surface area contributed by atoms with Gasteiger partial charge in [-0.15, -0.1) is 0 Å². The van der Waals surface area contributed by atoms with E-state index in [1.807, 2.05) is 54.6 Å². The van der Waals surface area contributed by atoms with Crippen LogP contribution in [0.15, 0.2) is 78.9 Å². The molecular formula is C30H36N2O6. The van der Waals surface area contributed by atoms with Gasteiger partial charge < -0.3 is 30.0 Å². The molecule has 0 spiro atoms. The summed E-state index contributed by atoms with van der Waals surface area (Å²) in [6.07, 6.45) is -0.702. The van der Waals surface area contributed by atoms with Crippen molar-refractivity contribution in [3.63, 3.8) is 0 Å². The number of aromatic hydroxyl groups is 1. The summed E-state index contributed by atoms with van der Waals surface area (Å²) in [7, 11) is 1.61. The number of nitrogens with one attached hydrogen (secondary N) is 2. The third-order valence-electron chi connectivity index (χ3n) is 5.68. The number of hydrogen-bond acceptors (Lipinski definition) is 6. The van der Waals surface area contributed by atoms with E-state index in [9.17, 15) is 14.7 Å². The molecule has 0 aliphatic rings. The summed E-state index contributed by atoms with van der Waals surface area (Å²) in [5, 5.41) is 15.8. The standard InChI is InChI=1S/C30H36N2O6/c1-30(2,3)38-29(35)32-25(19-31-28(34)24-12-8-9-13-26(24)33)27(37-20-22-10-6-5-7-11-22)18-21-14-16-23(36-4)17-15-21/h5-17,25,27,33H,18-20H2,1-4H3,(H,31,34)(H,32,35). The highest BCUT2D eigenvalue weighted by Crippen LogP contribution is 2.18. The molecule has 38 heavy (non-hydrogen) atoms. The monoisotopic (exact) mass is 520 g/mol. The predicted octanol–water partition coefficient (Wildman–Crippen LogP) is 4.85. The van der Waals surface area contributed by atoms with E-state index < -0.39 is 29.7 Å². The Kier molecular flexibility index (Phi) is 10.1. The molecule has 8 nitrogen and oxygen atoms in total. The average molecular weight is 521 g/mol. The van der Waals surface area contributed by atoms with E-state index in [2.05, 4.69) is 10.6 Å². The van der Waals surface area contributed by atoms with Gasteiger partial charge in [0.15, 0.2) is 0 Å². The van der Waals surface area contributed by atoms with Crippen LogP contribution >= 0.6 is 0 Å². The zero-order chi connectivity index (χ0) is 27.5. The summed E-state index contributed by atoms with van der Waals surface area (Å²) in [4.78, 5) is 25.6. The highest BCUT2D eigenvalue weighted by molar-refractivity contribution is 5.96. The molecule has 202 valence electrons. The van der Waals surface area contributed by atoms with Gasteiger partial charge in [0.2, 0.25) is 0 Å². The predicted molar refractivity (Wildman–Crippen MR) is 145 cm³/mol. The van der Waals surface area contributed by atoms with Crippen LogP contribution in [0, 0.1) is 0 Å². The van der Waals surface area contributed by atoms with Crippen molar-refractivity contribution in [2.75, 3.05) is 13.7 Å². The number of benzene rings is 3. The molecule has 3 N–H and O–H groups in total. The zero-order valence-corrected chi connectivity index (χ0v) is 22.3. The van der Waals surface area contributed by atoms with E-state index in [-0.39, 0.29) is 17.9 Å². The van der Waals surface area contributed by atoms with Crippen molar-refractivity contribution in [2.24, 2.45) is 0 Å². The second kappa shape index (κ2) is 13.5. The number of rotatable bonds is 11. The van der Waals surface area contributed by atoms with Crippen LogP contribution in [0.2, 0.25) is 0 Å². The minimum absolute atomic E-state index is 0.0437. The fourth-order valence-electron chi connectivity index (χ4n) is 3.79. The van der Waals surface area contributed by atoms with Gasteiger partial charge in [0, 0.05) is 13.0 Å². The lowest BCUT2D eigenvalue weighted by molar-refractivity contribution is 0.00603. The maximum atomic E-state index is 12.8. The number of carbonyl (C=O) groups excluding carboxylic acids is 2. The average Bonchev–Trinajstić information content (AvgIpc) is 2.89. The smallest absolute Gasteiger partial charge is 0.408 e. The molecule has 8 heteroatoms. The van der Waals surface area contributed by atoms with Crippen LogP contribution < -0.4 is 15.4 Å². The molecule has 0 bridgehead atoms. The van der Waals surface area contributed by atoms with Crippen molar-refractivity contribution < 1.29 is 28.9 Å². The van der Waals surface area contributed by atoms with Crippen LogP contribution in [0.25, 0.3) is 0 Å². The van der Waals surface area contributed by atoms with E-state index in [1.165, 1.54) is 12.1 Å². The summed E-state index contributed by atoms with van der Waals surface area (Å²) in [5.41, 5.74) is 1.37. The normalized spacial score (nSPS) is 12.7. The third-order valence-corrected chi connectivity index (χ3v) is 5.68. The lowest BCUT2D eigenvalue weighted by atomic mass is 10.0. The van der Waals surface area contributed by atoms with Crippen molar-refractivity contribution in [1.82, 2.24) is 10.6 Å². The van der Waals surface area contributed by atoms with Crippen LogP contribution in [-0.2, 0) is 22.5 Å². The van der Waals surface area contributed by atoms with Gasteiger partial charge >= 0.3 is 6.09 Å². The van der Waals surface area contributed by atoms with Crippen LogP contribution in [0.4, 0.5) is 4.79 Å². The van der Waals surface area contributed by atoms with Crippen molar-refractivity contribution in [3.8, 4) is 11.5 Å². The Labute approximate surface area is 223 Å². The number of methoxy groups -OCH3 is 1. The molecule has 0 aromatic heterocycles. The molecular weight excluding hydrogens is 484 g/mol. The molecule has 0 radical (unpaired) electrons. The van der Waals surface area contributed by atoms with Crippen molar-refractivity contribution >= 4 is 12.0 Å². The summed E-state index contributed by atoms with van der Waals surface area (Å²) in [6, 6.07) is 22.9. The number of para-hydroxylation sites is 1. The second-order valence-corrected chi connectivity index (χ2v) is 9.87. The number of carbonyl (C=O) groups is 2. The zero-order valence-electron chi connectivity index (χ0n) is 22.3. The summed E-state index contributed by atoms with van der Waals surface area (Å²) in [6.45, 7) is 5.69. The fraction of sp³-hybridized carbons (Fsp3) is 0.333. The second-order valence-electron chi connectivity index (χ2n) is 9.87. The molecule has 0 heterocycles. The van der Waals surface area contributed by atoms with E-state index in [0.29, 0.717) is 13.0 Å². The van der Waals surface area contributed by atoms with Crippen LogP contribution in [0.3, 0.4) is 0 Å². The molecule has 3 aromatic rings. The van der Waals surface area contributed by atoms with Gasteiger partial charge in [-0.25, -0.2) is 4.79 Å². The van der Waals surface area contributed by atoms with Gasteiger partial charge in [-0.2, -0.15) is 0 Å². The number of amides is 2. The first-order chi connectivity index (χ1) is 18.1. The topological polar surface area (TPSA) is 106 Å². The maximum Gasteiger partial charge on any atom is 0.408 e. The first kappa shape index (κ1) is 28.5. The Morgan fingerprint density at radius 1 is 0.895 bits per heavy atom. The molecule has 0 aliphatic carbocycles.